The fraction of sp³-hybridized carbons (Fsp3) is 0.769. The summed E-state index contributed by atoms with van der Waals surface area (Å²) in [6, 6.07) is 0. The maximum atomic E-state index is 12.0. The Bertz CT molecular complexity index is 367. The van der Waals surface area contributed by atoms with E-state index in [2.05, 4.69) is 13.8 Å². The normalized spacial score (nSPS) is 36.8. The van der Waals surface area contributed by atoms with Gasteiger partial charge in [0.05, 0.1) is 6.61 Å². The van der Waals surface area contributed by atoms with E-state index in [-0.39, 0.29) is 11.7 Å². The van der Waals surface area contributed by atoms with Crippen LogP contribution in [-0.4, -0.2) is 18.7 Å². The van der Waals surface area contributed by atoms with Gasteiger partial charge in [0.15, 0.2) is 12.1 Å². The Morgan fingerprint density at radius 1 is 1.38 bits per heavy atom. The van der Waals surface area contributed by atoms with Crippen LogP contribution >= 0.6 is 0 Å². The standard InChI is InChI=1S/C13H18O3/c1-13(2)5-3-9(14)11-8-4-6-15-10(7-8)16-12(11)13/h8,10H,3-7H2,1-2H3. The summed E-state index contributed by atoms with van der Waals surface area (Å²) in [7, 11) is 0. The Hall–Kier alpha value is -0.830. The van der Waals surface area contributed by atoms with E-state index in [0.29, 0.717) is 18.1 Å². The third-order valence-corrected chi connectivity index (χ3v) is 4.04. The van der Waals surface area contributed by atoms with E-state index in [1.807, 2.05) is 0 Å². The number of carbonyl (C=O) groups excluding carboxylic acids is 1. The summed E-state index contributed by atoms with van der Waals surface area (Å²) in [6.07, 6.45) is 3.30. The first-order valence-electron chi connectivity index (χ1n) is 6.14. The second-order valence-electron chi connectivity index (χ2n) is 5.69. The van der Waals surface area contributed by atoms with Crippen molar-refractivity contribution >= 4 is 5.78 Å². The zero-order valence-electron chi connectivity index (χ0n) is 9.91. The molecule has 0 aromatic rings. The van der Waals surface area contributed by atoms with Crippen LogP contribution in [0.2, 0.25) is 0 Å². The molecule has 1 saturated heterocycles. The number of ether oxygens (including phenoxy) is 2. The van der Waals surface area contributed by atoms with Gasteiger partial charge in [0.25, 0.3) is 0 Å². The van der Waals surface area contributed by atoms with E-state index in [0.717, 1.165) is 37.2 Å². The van der Waals surface area contributed by atoms with Gasteiger partial charge in [-0.25, -0.2) is 0 Å². The molecule has 2 unspecified atom stereocenters. The minimum Gasteiger partial charge on any atom is -0.468 e. The van der Waals surface area contributed by atoms with Crippen molar-refractivity contribution in [3.05, 3.63) is 11.3 Å². The van der Waals surface area contributed by atoms with Crippen LogP contribution in [0.4, 0.5) is 0 Å². The molecule has 2 atom stereocenters. The van der Waals surface area contributed by atoms with Gasteiger partial charge in [0, 0.05) is 23.8 Å². The van der Waals surface area contributed by atoms with Crippen molar-refractivity contribution in [2.75, 3.05) is 6.61 Å². The monoisotopic (exact) mass is 222 g/mol. The smallest absolute Gasteiger partial charge is 0.199 e. The maximum absolute atomic E-state index is 12.0. The molecule has 0 radical (unpaired) electrons. The largest absolute Gasteiger partial charge is 0.468 e. The Labute approximate surface area is 95.8 Å². The molecular weight excluding hydrogens is 204 g/mol. The van der Waals surface area contributed by atoms with Crippen molar-refractivity contribution in [1.29, 1.82) is 0 Å². The second-order valence-corrected chi connectivity index (χ2v) is 5.69. The molecule has 0 aromatic carbocycles. The summed E-state index contributed by atoms with van der Waals surface area (Å²) >= 11 is 0. The molecule has 3 aliphatic rings. The van der Waals surface area contributed by atoms with Crippen LogP contribution in [0.1, 0.15) is 39.5 Å². The predicted octanol–water partition coefficient (Wildman–Crippen LogP) is 2.41. The highest BCUT2D eigenvalue weighted by Gasteiger charge is 2.45. The molecule has 0 N–H and O–H groups in total. The van der Waals surface area contributed by atoms with Crippen molar-refractivity contribution in [1.82, 2.24) is 0 Å². The zero-order valence-corrected chi connectivity index (χ0v) is 9.91. The lowest BCUT2D eigenvalue weighted by molar-refractivity contribution is -0.176. The summed E-state index contributed by atoms with van der Waals surface area (Å²) in [5, 5.41) is 0. The number of hydrogen-bond acceptors (Lipinski definition) is 3. The summed E-state index contributed by atoms with van der Waals surface area (Å²) in [5.41, 5.74) is 0.983. The summed E-state index contributed by atoms with van der Waals surface area (Å²) in [4.78, 5) is 12.0. The molecule has 2 heterocycles. The fourth-order valence-electron chi connectivity index (χ4n) is 3.04. The number of rotatable bonds is 0. The molecule has 0 amide bonds. The van der Waals surface area contributed by atoms with Gasteiger partial charge in [-0.05, 0) is 18.8 Å². The fourth-order valence-corrected chi connectivity index (χ4v) is 3.04. The van der Waals surface area contributed by atoms with E-state index >= 15 is 0 Å². The lowest BCUT2D eigenvalue weighted by Gasteiger charge is -2.44. The minimum absolute atomic E-state index is 0.000856. The summed E-state index contributed by atoms with van der Waals surface area (Å²) in [6.45, 7) is 5.05. The van der Waals surface area contributed by atoms with Gasteiger partial charge in [0.2, 0.25) is 0 Å². The van der Waals surface area contributed by atoms with E-state index < -0.39 is 0 Å². The Morgan fingerprint density at radius 2 is 2.19 bits per heavy atom. The maximum Gasteiger partial charge on any atom is 0.199 e. The zero-order chi connectivity index (χ0) is 11.3. The van der Waals surface area contributed by atoms with Crippen molar-refractivity contribution in [2.24, 2.45) is 11.3 Å². The van der Waals surface area contributed by atoms with E-state index in [4.69, 9.17) is 9.47 Å². The van der Waals surface area contributed by atoms with E-state index in [1.54, 1.807) is 0 Å². The first kappa shape index (κ1) is 10.3. The molecule has 3 nitrogen and oxygen atoms in total. The molecule has 1 fully saturated rings. The van der Waals surface area contributed by atoms with Crippen molar-refractivity contribution < 1.29 is 14.3 Å². The number of Topliss-reactive ketones (excluding diaryl/α,β-unsaturated/α-hetero) is 1. The van der Waals surface area contributed by atoms with Crippen LogP contribution in [-0.2, 0) is 14.3 Å². The predicted molar refractivity (Wildman–Crippen MR) is 58.6 cm³/mol. The molecular formula is C13H18O3. The number of fused-ring (bicyclic) bond motifs is 3. The molecule has 3 heteroatoms. The van der Waals surface area contributed by atoms with E-state index in [1.165, 1.54) is 0 Å². The number of allylic oxidation sites excluding steroid dienone is 2. The van der Waals surface area contributed by atoms with Crippen LogP contribution < -0.4 is 0 Å². The number of carbonyl (C=O) groups is 1. The van der Waals surface area contributed by atoms with Crippen LogP contribution in [0.5, 0.6) is 0 Å². The summed E-state index contributed by atoms with van der Waals surface area (Å²) < 4.78 is 11.4. The van der Waals surface area contributed by atoms with Crippen molar-refractivity contribution in [3.8, 4) is 0 Å². The molecule has 0 spiro atoms. The Balaban J connectivity index is 2.07. The lowest BCUT2D eigenvalue weighted by Crippen LogP contribution is -2.41. The van der Waals surface area contributed by atoms with Gasteiger partial charge in [-0.3, -0.25) is 4.79 Å². The van der Waals surface area contributed by atoms with Gasteiger partial charge in [-0.15, -0.1) is 0 Å². The molecule has 88 valence electrons. The van der Waals surface area contributed by atoms with Gasteiger partial charge in [0.1, 0.15) is 5.76 Å². The van der Waals surface area contributed by atoms with Gasteiger partial charge in [-0.1, -0.05) is 13.8 Å². The van der Waals surface area contributed by atoms with Gasteiger partial charge < -0.3 is 9.47 Å². The molecule has 0 saturated carbocycles. The third-order valence-electron chi connectivity index (χ3n) is 4.04. The van der Waals surface area contributed by atoms with Gasteiger partial charge in [-0.2, -0.15) is 0 Å². The van der Waals surface area contributed by atoms with Crippen LogP contribution in [0.25, 0.3) is 0 Å². The molecule has 16 heavy (non-hydrogen) atoms. The highest BCUT2D eigenvalue weighted by atomic mass is 16.7. The average molecular weight is 222 g/mol. The number of hydrogen-bond donors (Lipinski definition) is 0. The van der Waals surface area contributed by atoms with Crippen LogP contribution in [0.15, 0.2) is 11.3 Å². The quantitative estimate of drug-likeness (QED) is 0.631. The second kappa shape index (κ2) is 3.33. The van der Waals surface area contributed by atoms with Crippen LogP contribution in [0, 0.1) is 11.3 Å². The minimum atomic E-state index is -0.109. The Morgan fingerprint density at radius 3 is 3.00 bits per heavy atom. The first-order valence-corrected chi connectivity index (χ1v) is 6.14. The first-order chi connectivity index (χ1) is 7.58. The topological polar surface area (TPSA) is 35.5 Å². The molecule has 1 aliphatic carbocycles. The Kier molecular flexibility index (Phi) is 2.15. The van der Waals surface area contributed by atoms with Crippen molar-refractivity contribution in [3.63, 3.8) is 0 Å². The lowest BCUT2D eigenvalue weighted by atomic mass is 9.71. The highest BCUT2D eigenvalue weighted by Crippen LogP contribution is 2.48. The summed E-state index contributed by atoms with van der Waals surface area (Å²) in [5.74, 6) is 1.61. The average Bonchev–Trinajstić information content (AvgIpc) is 2.24. The van der Waals surface area contributed by atoms with Crippen molar-refractivity contribution in [2.45, 2.75) is 45.8 Å². The van der Waals surface area contributed by atoms with Gasteiger partial charge >= 0.3 is 0 Å². The molecule has 2 bridgehead atoms. The molecule has 3 rings (SSSR count). The molecule has 2 aliphatic heterocycles. The molecule has 0 aromatic heterocycles. The third kappa shape index (κ3) is 1.41. The highest BCUT2D eigenvalue weighted by molar-refractivity contribution is 5.97. The van der Waals surface area contributed by atoms with E-state index in [9.17, 15) is 4.79 Å². The van der Waals surface area contributed by atoms with Crippen LogP contribution in [0.3, 0.4) is 0 Å². The SMILES string of the molecule is CC1(C)CCC(=O)C2=C1OC1CC2CCO1. The number of ketones is 1.